The molecule has 0 bridgehead atoms. The number of amidine groups is 1. The lowest BCUT2D eigenvalue weighted by molar-refractivity contribution is -0.144. The van der Waals surface area contributed by atoms with Gasteiger partial charge in [-0.3, -0.25) is 19.9 Å². The average molecular weight is 488 g/mol. The second-order valence-corrected chi connectivity index (χ2v) is 9.30. The summed E-state index contributed by atoms with van der Waals surface area (Å²) in [6, 6.07) is 8.31. The largest absolute Gasteiger partial charge is 0.466 e. The number of piperazine rings is 1. The Morgan fingerprint density at radius 2 is 1.60 bits per heavy atom. The zero-order valence-corrected chi connectivity index (χ0v) is 21.2. The highest BCUT2D eigenvalue weighted by molar-refractivity contribution is 5.95. The van der Waals surface area contributed by atoms with Crippen LogP contribution in [0.1, 0.15) is 45.1 Å². The van der Waals surface area contributed by atoms with Crippen molar-refractivity contribution in [2.75, 3.05) is 63.9 Å². The third-order valence-electron chi connectivity index (χ3n) is 7.07. The van der Waals surface area contributed by atoms with Crippen molar-refractivity contribution in [3.05, 3.63) is 29.8 Å². The minimum absolute atomic E-state index is 0.0869. The van der Waals surface area contributed by atoms with Gasteiger partial charge in [0, 0.05) is 63.0 Å². The molecule has 1 aromatic carbocycles. The highest BCUT2D eigenvalue weighted by Gasteiger charge is 2.35. The third kappa shape index (κ3) is 7.93. The van der Waals surface area contributed by atoms with Gasteiger partial charge in [0.15, 0.2) is 0 Å². The van der Waals surface area contributed by atoms with Gasteiger partial charge in [-0.15, -0.1) is 0 Å². The van der Waals surface area contributed by atoms with Crippen molar-refractivity contribution < 1.29 is 19.1 Å². The van der Waals surface area contributed by atoms with Crippen molar-refractivity contribution in [2.45, 2.75) is 45.6 Å². The van der Waals surface area contributed by atoms with Crippen molar-refractivity contribution in [1.82, 2.24) is 9.80 Å². The van der Waals surface area contributed by atoms with Crippen molar-refractivity contribution >= 4 is 23.5 Å². The lowest BCUT2D eigenvalue weighted by atomic mass is 9.86. The number of rotatable bonds is 11. The smallest absolute Gasteiger partial charge is 0.307 e. The predicted octanol–water partition coefficient (Wildman–Crippen LogP) is 2.08. The molecule has 1 aromatic rings. The second kappa shape index (κ2) is 13.4. The highest BCUT2D eigenvalue weighted by atomic mass is 16.5. The average Bonchev–Trinajstić information content (AvgIpc) is 2.87. The number of nitrogen functional groups attached to an aromatic ring is 1. The van der Waals surface area contributed by atoms with Crippen LogP contribution in [0.25, 0.3) is 0 Å². The van der Waals surface area contributed by atoms with Crippen LogP contribution in [0.2, 0.25) is 0 Å². The van der Waals surface area contributed by atoms with Crippen LogP contribution in [0.3, 0.4) is 0 Å². The molecule has 2 aliphatic heterocycles. The van der Waals surface area contributed by atoms with Crippen molar-refractivity contribution in [3.8, 4) is 0 Å². The van der Waals surface area contributed by atoms with Gasteiger partial charge in [0.2, 0.25) is 0 Å². The summed E-state index contributed by atoms with van der Waals surface area (Å²) in [5, 5.41) is 7.58. The van der Waals surface area contributed by atoms with Crippen LogP contribution in [0, 0.1) is 11.3 Å². The fourth-order valence-corrected chi connectivity index (χ4v) is 5.25. The Hall–Kier alpha value is -2.65. The molecule has 0 aliphatic carbocycles. The summed E-state index contributed by atoms with van der Waals surface area (Å²) in [5.41, 5.74) is 7.48. The van der Waals surface area contributed by atoms with Gasteiger partial charge >= 0.3 is 11.9 Å². The van der Waals surface area contributed by atoms with Gasteiger partial charge < -0.3 is 25.0 Å². The molecule has 9 heteroatoms. The van der Waals surface area contributed by atoms with Crippen LogP contribution in [0.5, 0.6) is 0 Å². The summed E-state index contributed by atoms with van der Waals surface area (Å²) < 4.78 is 10.3. The number of likely N-dealkylation sites (tertiary alicyclic amines) is 1. The lowest BCUT2D eigenvalue weighted by Gasteiger charge is -2.47. The SMILES string of the molecule is CCOC(=O)CCC1CN(CCC(=O)OCC)CCC1N1CCN(c2ccc(C(=N)N)cc2)CC1. The number of hydrogen-bond acceptors (Lipinski definition) is 8. The van der Waals surface area contributed by atoms with E-state index in [9.17, 15) is 9.59 Å². The number of nitrogens with zero attached hydrogens (tertiary/aromatic N) is 3. The van der Waals surface area contributed by atoms with Gasteiger partial charge in [-0.1, -0.05) is 0 Å². The fraction of sp³-hybridized carbons (Fsp3) is 0.654. The molecule has 2 fully saturated rings. The Morgan fingerprint density at radius 3 is 2.20 bits per heavy atom. The van der Waals surface area contributed by atoms with Gasteiger partial charge in [-0.25, -0.2) is 0 Å². The molecule has 2 unspecified atom stereocenters. The van der Waals surface area contributed by atoms with Crippen LogP contribution in [-0.4, -0.2) is 92.6 Å². The molecule has 35 heavy (non-hydrogen) atoms. The van der Waals surface area contributed by atoms with Crippen molar-refractivity contribution in [2.24, 2.45) is 11.7 Å². The second-order valence-electron chi connectivity index (χ2n) is 9.30. The van der Waals surface area contributed by atoms with E-state index in [2.05, 4.69) is 14.7 Å². The van der Waals surface area contributed by atoms with E-state index in [4.69, 9.17) is 20.6 Å². The van der Waals surface area contributed by atoms with Gasteiger partial charge in [-0.05, 0) is 63.4 Å². The molecule has 0 spiro atoms. The maximum Gasteiger partial charge on any atom is 0.307 e. The van der Waals surface area contributed by atoms with Crippen LogP contribution in [0.4, 0.5) is 5.69 Å². The molecule has 0 amide bonds. The maximum absolute atomic E-state index is 12.1. The molecule has 2 saturated heterocycles. The molecule has 194 valence electrons. The zero-order chi connectivity index (χ0) is 25.2. The van der Waals surface area contributed by atoms with Gasteiger partial charge in [0.25, 0.3) is 0 Å². The first-order valence-corrected chi connectivity index (χ1v) is 12.9. The number of ether oxygens (including phenoxy) is 2. The van der Waals surface area contributed by atoms with E-state index in [1.54, 1.807) is 0 Å². The van der Waals surface area contributed by atoms with E-state index in [1.807, 2.05) is 38.1 Å². The normalized spacial score (nSPS) is 21.5. The molecule has 0 aromatic heterocycles. The molecule has 3 N–H and O–H groups in total. The third-order valence-corrected chi connectivity index (χ3v) is 7.07. The lowest BCUT2D eigenvalue weighted by Crippen LogP contribution is -2.57. The number of esters is 2. The summed E-state index contributed by atoms with van der Waals surface area (Å²) >= 11 is 0. The first-order chi connectivity index (χ1) is 16.9. The van der Waals surface area contributed by atoms with E-state index < -0.39 is 0 Å². The number of hydrogen-bond donors (Lipinski definition) is 2. The Morgan fingerprint density at radius 1 is 0.971 bits per heavy atom. The molecular formula is C26H41N5O4. The number of anilines is 1. The van der Waals surface area contributed by atoms with Crippen LogP contribution >= 0.6 is 0 Å². The Bertz CT molecular complexity index is 839. The predicted molar refractivity (Wildman–Crippen MR) is 137 cm³/mol. The Balaban J connectivity index is 1.57. The maximum atomic E-state index is 12.1. The highest BCUT2D eigenvalue weighted by Crippen LogP contribution is 2.28. The summed E-state index contributed by atoms with van der Waals surface area (Å²) in [5.74, 6) is 0.166. The summed E-state index contributed by atoms with van der Waals surface area (Å²) in [7, 11) is 0. The number of nitrogens with one attached hydrogen (secondary N) is 1. The van der Waals surface area contributed by atoms with Gasteiger partial charge in [0.05, 0.1) is 19.6 Å². The topological polar surface area (TPSA) is 112 Å². The summed E-state index contributed by atoms with van der Waals surface area (Å²) in [4.78, 5) is 31.2. The molecule has 2 heterocycles. The molecule has 0 saturated carbocycles. The minimum Gasteiger partial charge on any atom is -0.466 e. The van der Waals surface area contributed by atoms with Gasteiger partial charge in [-0.2, -0.15) is 0 Å². The fourth-order valence-electron chi connectivity index (χ4n) is 5.25. The van der Waals surface area contributed by atoms with E-state index in [0.717, 1.165) is 63.4 Å². The van der Waals surface area contributed by atoms with Crippen molar-refractivity contribution in [3.63, 3.8) is 0 Å². The monoisotopic (exact) mass is 487 g/mol. The van der Waals surface area contributed by atoms with Crippen molar-refractivity contribution in [1.29, 1.82) is 5.41 Å². The number of piperidine rings is 1. The first-order valence-electron chi connectivity index (χ1n) is 12.9. The summed E-state index contributed by atoms with van der Waals surface area (Å²) in [6.07, 6.45) is 2.67. The molecule has 9 nitrogen and oxygen atoms in total. The molecule has 2 aliphatic rings. The minimum atomic E-state index is -0.148. The van der Waals surface area contributed by atoms with E-state index in [0.29, 0.717) is 44.6 Å². The number of nitrogens with two attached hydrogens (primary N) is 1. The summed E-state index contributed by atoms with van der Waals surface area (Å²) in [6.45, 7) is 10.8. The molecule has 0 radical (unpaired) electrons. The van der Waals surface area contributed by atoms with Crippen LogP contribution in [0.15, 0.2) is 24.3 Å². The Labute approximate surface area is 209 Å². The number of carbonyl (C=O) groups excluding carboxylic acids is 2. The molecule has 3 rings (SSSR count). The van der Waals surface area contributed by atoms with Crippen LogP contribution < -0.4 is 10.6 Å². The van der Waals surface area contributed by atoms with Gasteiger partial charge in [0.1, 0.15) is 5.84 Å². The molecule has 2 atom stereocenters. The van der Waals surface area contributed by atoms with E-state index in [-0.39, 0.29) is 17.8 Å². The van der Waals surface area contributed by atoms with Crippen LogP contribution in [-0.2, 0) is 19.1 Å². The Kier molecular flexibility index (Phi) is 10.3. The standard InChI is InChI=1S/C26H41N5O4/c1-3-34-24(32)10-7-21-19-29(14-12-25(33)35-4-2)13-11-23(21)31-17-15-30(16-18-31)22-8-5-20(6-9-22)26(27)28/h5-6,8-9,21,23H,3-4,7,10-19H2,1-2H3,(H3,27,28). The zero-order valence-electron chi connectivity index (χ0n) is 21.2. The van der Waals surface area contributed by atoms with E-state index in [1.165, 1.54) is 0 Å². The number of benzene rings is 1. The quantitative estimate of drug-likeness (QED) is 0.277. The van der Waals surface area contributed by atoms with E-state index >= 15 is 0 Å². The molecular weight excluding hydrogens is 446 g/mol. The first kappa shape index (κ1) is 26.9. The number of carbonyl (C=O) groups is 2.